The summed E-state index contributed by atoms with van der Waals surface area (Å²) in [5.41, 5.74) is 3.28. The molecule has 1 heterocycles. The average molecular weight is 317 g/mol. The van der Waals surface area contributed by atoms with Gasteiger partial charge in [0.15, 0.2) is 0 Å². The molecule has 1 unspecified atom stereocenters. The highest BCUT2D eigenvalue weighted by Crippen LogP contribution is 2.27. The Labute approximate surface area is 136 Å². The molecule has 116 valence electrons. The van der Waals surface area contributed by atoms with Gasteiger partial charge in [0.05, 0.1) is 0 Å². The zero-order chi connectivity index (χ0) is 15.4. The van der Waals surface area contributed by atoms with E-state index < -0.39 is 6.23 Å². The molecule has 1 aliphatic rings. The van der Waals surface area contributed by atoms with Crippen molar-refractivity contribution in [2.45, 2.75) is 12.6 Å². The Kier molecular flexibility index (Phi) is 5.11. The molecule has 0 aliphatic carbocycles. The summed E-state index contributed by atoms with van der Waals surface area (Å²) in [4.78, 5) is 2.12. The van der Waals surface area contributed by atoms with E-state index >= 15 is 0 Å². The number of piperazine rings is 1. The van der Waals surface area contributed by atoms with Gasteiger partial charge in [-0.1, -0.05) is 54.1 Å². The van der Waals surface area contributed by atoms with Crippen LogP contribution >= 0.6 is 11.6 Å². The predicted molar refractivity (Wildman–Crippen MR) is 91.0 cm³/mol. The summed E-state index contributed by atoms with van der Waals surface area (Å²) >= 11 is 6.23. The molecular formula is C18H21ClN2O. The largest absolute Gasteiger partial charge is 0.378 e. The van der Waals surface area contributed by atoms with Gasteiger partial charge in [0.1, 0.15) is 6.23 Å². The lowest BCUT2D eigenvalue weighted by molar-refractivity contribution is -0.00268. The Balaban J connectivity index is 1.68. The Hall–Kier alpha value is -1.39. The van der Waals surface area contributed by atoms with Gasteiger partial charge in [-0.3, -0.25) is 4.90 Å². The van der Waals surface area contributed by atoms with E-state index in [2.05, 4.69) is 34.5 Å². The van der Waals surface area contributed by atoms with E-state index in [1.54, 1.807) is 0 Å². The van der Waals surface area contributed by atoms with E-state index in [0.717, 1.165) is 47.9 Å². The Morgan fingerprint density at radius 3 is 2.41 bits per heavy atom. The number of aliphatic hydroxyl groups excluding tert-OH is 1. The van der Waals surface area contributed by atoms with Crippen molar-refractivity contribution in [1.82, 2.24) is 10.2 Å². The van der Waals surface area contributed by atoms with Gasteiger partial charge in [-0.2, -0.15) is 0 Å². The number of hydrogen-bond donors (Lipinski definition) is 2. The lowest BCUT2D eigenvalue weighted by Gasteiger charge is -2.31. The van der Waals surface area contributed by atoms with Crippen LogP contribution in [0.1, 0.15) is 5.56 Å². The van der Waals surface area contributed by atoms with Gasteiger partial charge < -0.3 is 10.4 Å². The zero-order valence-electron chi connectivity index (χ0n) is 12.5. The van der Waals surface area contributed by atoms with Crippen molar-refractivity contribution in [2.75, 3.05) is 26.2 Å². The first-order valence-electron chi connectivity index (χ1n) is 7.71. The fraction of sp³-hybridized carbons (Fsp3) is 0.333. The molecule has 22 heavy (non-hydrogen) atoms. The van der Waals surface area contributed by atoms with Gasteiger partial charge in [0, 0.05) is 43.2 Å². The smallest absolute Gasteiger partial charge is 0.111 e. The second-order valence-electron chi connectivity index (χ2n) is 5.65. The molecule has 2 aromatic carbocycles. The van der Waals surface area contributed by atoms with E-state index in [1.165, 1.54) is 0 Å². The van der Waals surface area contributed by atoms with Gasteiger partial charge in [-0.15, -0.1) is 0 Å². The van der Waals surface area contributed by atoms with Crippen molar-refractivity contribution in [3.05, 3.63) is 59.1 Å². The molecule has 0 spiro atoms. The number of halogens is 1. The van der Waals surface area contributed by atoms with E-state index in [4.69, 9.17) is 11.6 Å². The summed E-state index contributed by atoms with van der Waals surface area (Å²) in [6, 6.07) is 16.1. The second kappa shape index (κ2) is 7.25. The predicted octanol–water partition coefficient (Wildman–Crippen LogP) is 2.77. The fourth-order valence-electron chi connectivity index (χ4n) is 2.84. The van der Waals surface area contributed by atoms with Crippen LogP contribution in [0.15, 0.2) is 48.5 Å². The van der Waals surface area contributed by atoms with E-state index in [9.17, 15) is 5.11 Å². The molecule has 0 aromatic heterocycles. The first kappa shape index (κ1) is 15.5. The number of nitrogens with zero attached hydrogens (tertiary/aromatic N) is 1. The lowest BCUT2D eigenvalue weighted by atomic mass is 10.0. The minimum absolute atomic E-state index is 0.409. The van der Waals surface area contributed by atoms with Crippen molar-refractivity contribution in [1.29, 1.82) is 0 Å². The van der Waals surface area contributed by atoms with E-state index in [0.29, 0.717) is 6.42 Å². The third-order valence-electron chi connectivity index (χ3n) is 4.13. The first-order chi connectivity index (χ1) is 10.7. The lowest BCUT2D eigenvalue weighted by Crippen LogP contribution is -2.49. The van der Waals surface area contributed by atoms with Gasteiger partial charge in [0.25, 0.3) is 0 Å². The summed E-state index contributed by atoms with van der Waals surface area (Å²) in [6.45, 7) is 3.70. The van der Waals surface area contributed by atoms with Crippen molar-refractivity contribution < 1.29 is 5.11 Å². The highest BCUT2D eigenvalue weighted by atomic mass is 35.5. The minimum atomic E-state index is -0.409. The van der Waals surface area contributed by atoms with Crippen LogP contribution in [-0.4, -0.2) is 42.4 Å². The topological polar surface area (TPSA) is 35.5 Å². The number of hydrogen-bond acceptors (Lipinski definition) is 3. The summed E-state index contributed by atoms with van der Waals surface area (Å²) in [7, 11) is 0. The Morgan fingerprint density at radius 1 is 1.05 bits per heavy atom. The average Bonchev–Trinajstić information content (AvgIpc) is 2.57. The Bertz CT molecular complexity index is 609. The number of nitrogens with one attached hydrogen (secondary N) is 1. The molecule has 1 aliphatic heterocycles. The summed E-state index contributed by atoms with van der Waals surface area (Å²) in [5.74, 6) is 0. The molecule has 3 nitrogen and oxygen atoms in total. The molecule has 1 saturated heterocycles. The third-order valence-corrected chi connectivity index (χ3v) is 4.46. The van der Waals surface area contributed by atoms with Gasteiger partial charge in [0.2, 0.25) is 0 Å². The molecule has 2 aromatic rings. The van der Waals surface area contributed by atoms with Crippen LogP contribution in [-0.2, 0) is 6.42 Å². The molecule has 1 atom stereocenters. The summed E-state index contributed by atoms with van der Waals surface area (Å²) < 4.78 is 0. The van der Waals surface area contributed by atoms with Gasteiger partial charge in [-0.25, -0.2) is 0 Å². The SMILES string of the molecule is OC(Cc1ccc(-c2ccccc2Cl)cc1)N1CCNCC1. The van der Waals surface area contributed by atoms with Crippen molar-refractivity contribution in [2.24, 2.45) is 0 Å². The minimum Gasteiger partial charge on any atom is -0.378 e. The van der Waals surface area contributed by atoms with Crippen LogP contribution in [0.25, 0.3) is 11.1 Å². The maximum Gasteiger partial charge on any atom is 0.111 e. The summed E-state index contributed by atoms with van der Waals surface area (Å²) in [6.07, 6.45) is 0.247. The van der Waals surface area contributed by atoms with Crippen LogP contribution in [0.3, 0.4) is 0 Å². The van der Waals surface area contributed by atoms with Crippen molar-refractivity contribution in [3.8, 4) is 11.1 Å². The molecular weight excluding hydrogens is 296 g/mol. The third kappa shape index (κ3) is 3.68. The number of rotatable bonds is 4. The maximum atomic E-state index is 10.3. The van der Waals surface area contributed by atoms with Crippen molar-refractivity contribution >= 4 is 11.6 Å². The maximum absolute atomic E-state index is 10.3. The highest BCUT2D eigenvalue weighted by Gasteiger charge is 2.18. The molecule has 1 fully saturated rings. The second-order valence-corrected chi connectivity index (χ2v) is 6.05. The molecule has 0 bridgehead atoms. The highest BCUT2D eigenvalue weighted by molar-refractivity contribution is 6.33. The molecule has 0 radical (unpaired) electrons. The van der Waals surface area contributed by atoms with Crippen LogP contribution in [0, 0.1) is 0 Å². The van der Waals surface area contributed by atoms with Gasteiger partial charge in [-0.05, 0) is 17.2 Å². The first-order valence-corrected chi connectivity index (χ1v) is 8.08. The quantitative estimate of drug-likeness (QED) is 0.910. The molecule has 3 rings (SSSR count). The zero-order valence-corrected chi connectivity index (χ0v) is 13.3. The van der Waals surface area contributed by atoms with Crippen LogP contribution in [0.2, 0.25) is 5.02 Å². The fourth-order valence-corrected chi connectivity index (χ4v) is 3.08. The Morgan fingerprint density at radius 2 is 1.73 bits per heavy atom. The molecule has 0 saturated carbocycles. The van der Waals surface area contributed by atoms with Crippen LogP contribution in [0.5, 0.6) is 0 Å². The number of aliphatic hydroxyl groups is 1. The summed E-state index contributed by atoms with van der Waals surface area (Å²) in [5, 5.41) is 14.4. The molecule has 2 N–H and O–H groups in total. The van der Waals surface area contributed by atoms with E-state index in [1.807, 2.05) is 24.3 Å². The van der Waals surface area contributed by atoms with E-state index in [-0.39, 0.29) is 0 Å². The monoisotopic (exact) mass is 316 g/mol. The molecule has 4 heteroatoms. The van der Waals surface area contributed by atoms with Crippen molar-refractivity contribution in [3.63, 3.8) is 0 Å². The van der Waals surface area contributed by atoms with Crippen LogP contribution in [0.4, 0.5) is 0 Å². The van der Waals surface area contributed by atoms with Gasteiger partial charge >= 0.3 is 0 Å². The standard InChI is InChI=1S/C18H21ClN2O/c19-17-4-2-1-3-16(17)15-7-5-14(6-8-15)13-18(22)21-11-9-20-10-12-21/h1-8,18,20,22H,9-13H2. The van der Waals surface area contributed by atoms with Crippen LogP contribution < -0.4 is 5.32 Å². The number of benzene rings is 2. The normalized spacial score (nSPS) is 17.4. The molecule has 0 amide bonds.